The van der Waals surface area contributed by atoms with Crippen molar-refractivity contribution in [1.29, 1.82) is 0 Å². The van der Waals surface area contributed by atoms with Crippen molar-refractivity contribution in [1.82, 2.24) is 0 Å². The molecule has 6 aromatic carbocycles. The van der Waals surface area contributed by atoms with Crippen LogP contribution >= 0.6 is 11.6 Å². The molecule has 180 valence electrons. The Hall–Kier alpha value is -4.39. The molecule has 0 bridgehead atoms. The van der Waals surface area contributed by atoms with Crippen LogP contribution in [-0.4, -0.2) is 0 Å². The van der Waals surface area contributed by atoms with Crippen LogP contribution in [0.25, 0.3) is 33.4 Å². The molecule has 0 heterocycles. The van der Waals surface area contributed by atoms with E-state index in [0.717, 1.165) is 10.6 Å². The number of hydrogen-bond donors (Lipinski definition) is 0. The topological polar surface area (TPSA) is 0 Å². The van der Waals surface area contributed by atoms with Crippen LogP contribution in [0.4, 0.5) is 0 Å². The molecule has 0 aromatic heterocycles. The van der Waals surface area contributed by atoms with E-state index in [0.29, 0.717) is 0 Å². The van der Waals surface area contributed by atoms with E-state index in [-0.39, 0.29) is 5.41 Å². The highest BCUT2D eigenvalue weighted by Gasteiger charge is 2.45. The maximum atomic E-state index is 6.13. The molecule has 1 aliphatic rings. The van der Waals surface area contributed by atoms with Gasteiger partial charge in [0, 0.05) is 5.02 Å². The predicted molar refractivity (Wildman–Crippen MR) is 160 cm³/mol. The average Bonchev–Trinajstić information content (AvgIpc) is 3.29. The summed E-state index contributed by atoms with van der Waals surface area (Å²) in [6.45, 7) is 0. The van der Waals surface area contributed by atoms with Gasteiger partial charge in [-0.1, -0.05) is 139 Å². The number of hydrogen-bond acceptors (Lipinski definition) is 0. The van der Waals surface area contributed by atoms with E-state index in [1.807, 2.05) is 12.1 Å². The Morgan fingerprint density at radius 2 is 0.895 bits per heavy atom. The third-order valence-corrected chi connectivity index (χ3v) is 8.08. The minimum Gasteiger partial charge on any atom is -0.0843 e. The van der Waals surface area contributed by atoms with Crippen LogP contribution < -0.4 is 0 Å². The summed E-state index contributed by atoms with van der Waals surface area (Å²) >= 11 is 6.13. The standard InChI is InChI=1S/C37H25Cl/c38-32-21-18-26(19-22-32)27-10-9-11-28(24-27)29-20-23-36-34(25-29)33-16-7-8-17-35(33)37(36,30-12-3-1-4-13-30)31-14-5-2-6-15-31/h1-25H. The third kappa shape index (κ3) is 3.53. The molecule has 0 atom stereocenters. The van der Waals surface area contributed by atoms with E-state index >= 15 is 0 Å². The second-order valence-electron chi connectivity index (χ2n) is 9.88. The van der Waals surface area contributed by atoms with Crippen LogP contribution in [0.15, 0.2) is 152 Å². The van der Waals surface area contributed by atoms with E-state index in [1.54, 1.807) is 0 Å². The van der Waals surface area contributed by atoms with E-state index in [1.165, 1.54) is 50.1 Å². The lowest BCUT2D eigenvalue weighted by molar-refractivity contribution is 0.768. The molecule has 0 nitrogen and oxygen atoms in total. The summed E-state index contributed by atoms with van der Waals surface area (Å²) < 4.78 is 0. The lowest BCUT2D eigenvalue weighted by Gasteiger charge is -2.33. The van der Waals surface area contributed by atoms with Gasteiger partial charge in [0.15, 0.2) is 0 Å². The molecule has 0 saturated heterocycles. The van der Waals surface area contributed by atoms with Crippen molar-refractivity contribution in [3.05, 3.63) is 179 Å². The van der Waals surface area contributed by atoms with Gasteiger partial charge in [-0.3, -0.25) is 0 Å². The summed E-state index contributed by atoms with van der Waals surface area (Å²) in [6.07, 6.45) is 0. The van der Waals surface area contributed by atoms with Gasteiger partial charge in [-0.05, 0) is 79.9 Å². The van der Waals surface area contributed by atoms with Crippen LogP contribution in [0.2, 0.25) is 5.02 Å². The Bertz CT molecular complexity index is 1710. The number of fused-ring (bicyclic) bond motifs is 3. The summed E-state index contributed by atoms with van der Waals surface area (Å²) in [5.41, 5.74) is 12.2. The fraction of sp³-hybridized carbons (Fsp3) is 0.0270. The van der Waals surface area contributed by atoms with Gasteiger partial charge in [-0.2, -0.15) is 0 Å². The Morgan fingerprint density at radius 1 is 0.368 bits per heavy atom. The first kappa shape index (κ1) is 22.8. The molecule has 1 aliphatic carbocycles. The van der Waals surface area contributed by atoms with Crippen molar-refractivity contribution in [2.75, 3.05) is 0 Å². The SMILES string of the molecule is Clc1ccc(-c2cccc(-c3ccc4c(c3)-c3ccccc3C4(c3ccccc3)c3ccccc3)c2)cc1. The number of halogens is 1. The molecule has 0 spiro atoms. The van der Waals surface area contributed by atoms with Gasteiger partial charge < -0.3 is 0 Å². The van der Waals surface area contributed by atoms with Gasteiger partial charge in [-0.25, -0.2) is 0 Å². The van der Waals surface area contributed by atoms with Crippen molar-refractivity contribution >= 4 is 11.6 Å². The van der Waals surface area contributed by atoms with E-state index < -0.39 is 0 Å². The van der Waals surface area contributed by atoms with Crippen molar-refractivity contribution in [2.45, 2.75) is 5.41 Å². The zero-order valence-corrected chi connectivity index (χ0v) is 21.6. The van der Waals surface area contributed by atoms with Crippen LogP contribution in [0.5, 0.6) is 0 Å². The molecule has 0 aliphatic heterocycles. The maximum Gasteiger partial charge on any atom is 0.0713 e. The van der Waals surface area contributed by atoms with Gasteiger partial charge in [0.1, 0.15) is 0 Å². The Balaban J connectivity index is 1.45. The van der Waals surface area contributed by atoms with Gasteiger partial charge >= 0.3 is 0 Å². The first-order valence-corrected chi connectivity index (χ1v) is 13.3. The van der Waals surface area contributed by atoms with Gasteiger partial charge in [0.2, 0.25) is 0 Å². The Labute approximate surface area is 228 Å². The van der Waals surface area contributed by atoms with E-state index in [9.17, 15) is 0 Å². The minimum absolute atomic E-state index is 0.363. The van der Waals surface area contributed by atoms with Crippen LogP contribution in [-0.2, 0) is 5.41 Å². The smallest absolute Gasteiger partial charge is 0.0713 e. The zero-order chi connectivity index (χ0) is 25.5. The highest BCUT2D eigenvalue weighted by atomic mass is 35.5. The molecule has 0 amide bonds. The lowest BCUT2D eigenvalue weighted by Crippen LogP contribution is -2.28. The molecule has 0 saturated carbocycles. The van der Waals surface area contributed by atoms with E-state index in [2.05, 4.69) is 140 Å². The van der Waals surface area contributed by atoms with Crippen molar-refractivity contribution in [2.24, 2.45) is 0 Å². The molecule has 0 unspecified atom stereocenters. The zero-order valence-electron chi connectivity index (χ0n) is 20.8. The fourth-order valence-electron chi connectivity index (χ4n) is 6.15. The maximum absolute atomic E-state index is 6.13. The molecular weight excluding hydrogens is 480 g/mol. The van der Waals surface area contributed by atoms with Crippen LogP contribution in [0.1, 0.15) is 22.3 Å². The number of rotatable bonds is 4. The fourth-order valence-corrected chi connectivity index (χ4v) is 6.28. The summed E-state index contributed by atoms with van der Waals surface area (Å²) in [5, 5.41) is 0.752. The average molecular weight is 505 g/mol. The lowest BCUT2D eigenvalue weighted by atomic mass is 9.67. The Kier molecular flexibility index (Phi) is 5.50. The Morgan fingerprint density at radius 3 is 1.58 bits per heavy atom. The van der Waals surface area contributed by atoms with Gasteiger partial charge in [0.05, 0.1) is 5.41 Å². The highest BCUT2D eigenvalue weighted by molar-refractivity contribution is 6.30. The van der Waals surface area contributed by atoms with Crippen molar-refractivity contribution in [3.8, 4) is 33.4 Å². The van der Waals surface area contributed by atoms with Crippen molar-refractivity contribution < 1.29 is 0 Å². The van der Waals surface area contributed by atoms with Crippen molar-refractivity contribution in [3.63, 3.8) is 0 Å². The summed E-state index contributed by atoms with van der Waals surface area (Å²) in [4.78, 5) is 0. The third-order valence-electron chi connectivity index (χ3n) is 7.83. The summed E-state index contributed by atoms with van der Waals surface area (Å²) in [5.74, 6) is 0. The molecular formula is C37H25Cl. The van der Waals surface area contributed by atoms with Crippen LogP contribution in [0, 0.1) is 0 Å². The van der Waals surface area contributed by atoms with Crippen LogP contribution in [0.3, 0.4) is 0 Å². The quantitative estimate of drug-likeness (QED) is 0.223. The summed E-state index contributed by atoms with van der Waals surface area (Å²) in [7, 11) is 0. The van der Waals surface area contributed by atoms with Gasteiger partial charge in [-0.15, -0.1) is 0 Å². The normalized spacial score (nSPS) is 13.1. The highest BCUT2D eigenvalue weighted by Crippen LogP contribution is 2.56. The predicted octanol–water partition coefficient (Wildman–Crippen LogP) is 10.0. The molecule has 0 radical (unpaired) electrons. The molecule has 7 rings (SSSR count). The largest absolute Gasteiger partial charge is 0.0843 e. The minimum atomic E-state index is -0.363. The first-order chi connectivity index (χ1) is 18.7. The first-order valence-electron chi connectivity index (χ1n) is 13.0. The molecule has 0 fully saturated rings. The molecule has 1 heteroatoms. The van der Waals surface area contributed by atoms with Gasteiger partial charge in [0.25, 0.3) is 0 Å². The molecule has 0 N–H and O–H groups in total. The number of benzene rings is 6. The molecule has 38 heavy (non-hydrogen) atoms. The second kappa shape index (κ2) is 9.17. The van der Waals surface area contributed by atoms with E-state index in [4.69, 9.17) is 11.6 Å². The molecule has 6 aromatic rings. The summed E-state index contributed by atoms with van der Waals surface area (Å²) in [6, 6.07) is 54.6. The second-order valence-corrected chi connectivity index (χ2v) is 10.3. The monoisotopic (exact) mass is 504 g/mol.